The van der Waals surface area contributed by atoms with Gasteiger partial charge in [-0.25, -0.2) is 4.79 Å². The lowest BCUT2D eigenvalue weighted by Gasteiger charge is -2.03. The number of benzene rings is 1. The first kappa shape index (κ1) is 13.9. The summed E-state index contributed by atoms with van der Waals surface area (Å²) in [5, 5.41) is 7.61. The Morgan fingerprint density at radius 2 is 2.00 bits per heavy atom. The van der Waals surface area contributed by atoms with Crippen LogP contribution in [0.2, 0.25) is 0 Å². The monoisotopic (exact) mass is 300 g/mol. The van der Waals surface area contributed by atoms with E-state index in [9.17, 15) is 4.79 Å². The van der Waals surface area contributed by atoms with Gasteiger partial charge in [0, 0.05) is 0 Å². The molecule has 22 heavy (non-hydrogen) atoms. The molecule has 0 fully saturated rings. The highest BCUT2D eigenvalue weighted by atomic mass is 16.5. The molecule has 112 valence electrons. The Bertz CT molecular complexity index is 747. The van der Waals surface area contributed by atoms with Gasteiger partial charge in [-0.15, -0.1) is 10.2 Å². The number of aromatic nitrogens is 2. The van der Waals surface area contributed by atoms with Crippen LogP contribution in [0.3, 0.4) is 0 Å². The van der Waals surface area contributed by atoms with E-state index in [1.165, 1.54) is 6.26 Å². The molecule has 0 saturated carbocycles. The number of furan rings is 1. The van der Waals surface area contributed by atoms with Crippen LogP contribution in [0.1, 0.15) is 16.2 Å². The Labute approximate surface area is 125 Å². The van der Waals surface area contributed by atoms with Gasteiger partial charge in [0.05, 0.1) is 18.9 Å². The largest absolute Gasteiger partial charge is 0.497 e. The van der Waals surface area contributed by atoms with Crippen molar-refractivity contribution in [2.45, 2.75) is 6.61 Å². The zero-order valence-electron chi connectivity index (χ0n) is 11.7. The van der Waals surface area contributed by atoms with Gasteiger partial charge in [-0.05, 0) is 36.4 Å². The highest BCUT2D eigenvalue weighted by Gasteiger charge is 2.13. The first-order valence-electron chi connectivity index (χ1n) is 6.43. The van der Waals surface area contributed by atoms with Crippen LogP contribution in [0.15, 0.2) is 51.5 Å². The molecule has 0 amide bonds. The second-order valence-electron chi connectivity index (χ2n) is 4.28. The predicted octanol–water partition coefficient (Wildman–Crippen LogP) is 2.70. The minimum Gasteiger partial charge on any atom is -0.497 e. The maximum atomic E-state index is 11.9. The molecule has 0 aliphatic heterocycles. The number of methoxy groups -OCH3 is 1. The highest BCUT2D eigenvalue weighted by Crippen LogP contribution is 2.18. The topological polar surface area (TPSA) is 87.6 Å². The second kappa shape index (κ2) is 6.13. The third kappa shape index (κ3) is 2.98. The molecule has 0 unspecified atom stereocenters. The molecule has 7 nitrogen and oxygen atoms in total. The quantitative estimate of drug-likeness (QED) is 0.669. The molecule has 2 heterocycles. The van der Waals surface area contributed by atoms with E-state index in [0.29, 0.717) is 17.1 Å². The molecule has 0 aliphatic rings. The number of rotatable bonds is 5. The van der Waals surface area contributed by atoms with Gasteiger partial charge in [0.1, 0.15) is 5.75 Å². The summed E-state index contributed by atoms with van der Waals surface area (Å²) in [5.74, 6) is 1.06. The summed E-state index contributed by atoms with van der Waals surface area (Å²) in [5.41, 5.74) is 0.409. The van der Waals surface area contributed by atoms with Gasteiger partial charge >= 0.3 is 5.97 Å². The van der Waals surface area contributed by atoms with Crippen LogP contribution in [0.25, 0.3) is 11.7 Å². The highest BCUT2D eigenvalue weighted by molar-refractivity contribution is 5.89. The second-order valence-corrected chi connectivity index (χ2v) is 4.28. The van der Waals surface area contributed by atoms with Gasteiger partial charge < -0.3 is 18.3 Å². The first-order valence-corrected chi connectivity index (χ1v) is 6.43. The van der Waals surface area contributed by atoms with Crippen molar-refractivity contribution in [2.75, 3.05) is 7.11 Å². The summed E-state index contributed by atoms with van der Waals surface area (Å²) < 4.78 is 20.6. The van der Waals surface area contributed by atoms with Crippen LogP contribution >= 0.6 is 0 Å². The maximum Gasteiger partial charge on any atom is 0.338 e. The molecule has 2 aromatic heterocycles. The van der Waals surface area contributed by atoms with Crippen LogP contribution in [0.4, 0.5) is 0 Å². The van der Waals surface area contributed by atoms with Crippen molar-refractivity contribution in [1.82, 2.24) is 10.2 Å². The van der Waals surface area contributed by atoms with Gasteiger partial charge in [-0.3, -0.25) is 0 Å². The van der Waals surface area contributed by atoms with Gasteiger partial charge in [0.15, 0.2) is 12.4 Å². The van der Waals surface area contributed by atoms with E-state index in [4.69, 9.17) is 18.3 Å². The number of hydrogen-bond donors (Lipinski definition) is 0. The Morgan fingerprint density at radius 3 is 2.68 bits per heavy atom. The van der Waals surface area contributed by atoms with Gasteiger partial charge in [0.2, 0.25) is 0 Å². The van der Waals surface area contributed by atoms with Crippen LogP contribution < -0.4 is 4.74 Å². The molecular formula is C15H12N2O5. The summed E-state index contributed by atoms with van der Waals surface area (Å²) in [6.45, 7) is -0.113. The lowest BCUT2D eigenvalue weighted by Crippen LogP contribution is -2.05. The predicted molar refractivity (Wildman–Crippen MR) is 74.1 cm³/mol. The van der Waals surface area contributed by atoms with E-state index in [1.807, 2.05) is 0 Å². The summed E-state index contributed by atoms with van der Waals surface area (Å²) >= 11 is 0. The molecule has 3 rings (SSSR count). The minimum atomic E-state index is -0.486. The average molecular weight is 300 g/mol. The van der Waals surface area contributed by atoms with Gasteiger partial charge in [-0.2, -0.15) is 0 Å². The van der Waals surface area contributed by atoms with E-state index >= 15 is 0 Å². The fraction of sp³-hybridized carbons (Fsp3) is 0.133. The Balaban J connectivity index is 1.61. The van der Waals surface area contributed by atoms with E-state index in [0.717, 1.165) is 0 Å². The van der Waals surface area contributed by atoms with Crippen LogP contribution in [-0.4, -0.2) is 23.3 Å². The summed E-state index contributed by atoms with van der Waals surface area (Å²) in [6, 6.07) is 9.99. The number of carbonyl (C=O) groups excluding carboxylic acids is 1. The molecule has 0 N–H and O–H groups in total. The third-order valence-electron chi connectivity index (χ3n) is 2.85. The standard InChI is InChI=1S/C15H12N2O5/c1-19-11-6-4-10(5-7-11)15(18)21-9-13-16-17-14(22-13)12-3-2-8-20-12/h2-8H,9H2,1H3. The van der Waals surface area contributed by atoms with Crippen molar-refractivity contribution in [1.29, 1.82) is 0 Å². The zero-order chi connectivity index (χ0) is 15.4. The smallest absolute Gasteiger partial charge is 0.338 e. The lowest BCUT2D eigenvalue weighted by molar-refractivity contribution is 0.0438. The lowest BCUT2D eigenvalue weighted by atomic mass is 10.2. The third-order valence-corrected chi connectivity index (χ3v) is 2.85. The fourth-order valence-corrected chi connectivity index (χ4v) is 1.75. The van der Waals surface area contributed by atoms with Crippen molar-refractivity contribution < 1.29 is 23.1 Å². The van der Waals surface area contributed by atoms with Crippen molar-refractivity contribution in [3.63, 3.8) is 0 Å². The molecule has 0 bridgehead atoms. The Morgan fingerprint density at radius 1 is 1.18 bits per heavy atom. The van der Waals surface area contributed by atoms with E-state index in [-0.39, 0.29) is 18.4 Å². The van der Waals surface area contributed by atoms with Crippen LogP contribution in [-0.2, 0) is 11.3 Å². The maximum absolute atomic E-state index is 11.9. The Kier molecular flexibility index (Phi) is 3.86. The molecule has 1 aromatic carbocycles. The van der Waals surface area contributed by atoms with Crippen molar-refractivity contribution in [3.05, 3.63) is 54.1 Å². The Hall–Kier alpha value is -3.09. The van der Waals surface area contributed by atoms with Crippen molar-refractivity contribution >= 4 is 5.97 Å². The van der Waals surface area contributed by atoms with E-state index in [2.05, 4.69) is 10.2 Å². The number of ether oxygens (including phenoxy) is 2. The first-order chi connectivity index (χ1) is 10.8. The average Bonchev–Trinajstić information content (AvgIpc) is 3.23. The summed E-state index contributed by atoms with van der Waals surface area (Å²) in [4.78, 5) is 11.9. The number of nitrogens with zero attached hydrogens (tertiary/aromatic N) is 2. The molecule has 0 atom stereocenters. The molecule has 7 heteroatoms. The molecular weight excluding hydrogens is 288 g/mol. The number of esters is 1. The molecule has 0 spiro atoms. The van der Waals surface area contributed by atoms with Crippen LogP contribution in [0.5, 0.6) is 5.75 Å². The van der Waals surface area contributed by atoms with E-state index in [1.54, 1.807) is 43.5 Å². The minimum absolute atomic E-state index is 0.113. The normalized spacial score (nSPS) is 10.4. The van der Waals surface area contributed by atoms with Crippen molar-refractivity contribution in [3.8, 4) is 17.4 Å². The molecule has 0 aliphatic carbocycles. The summed E-state index contributed by atoms with van der Waals surface area (Å²) in [7, 11) is 1.56. The van der Waals surface area contributed by atoms with Gasteiger partial charge in [-0.1, -0.05) is 0 Å². The number of carbonyl (C=O) groups is 1. The summed E-state index contributed by atoms with van der Waals surface area (Å²) in [6.07, 6.45) is 1.50. The van der Waals surface area contributed by atoms with Gasteiger partial charge in [0.25, 0.3) is 11.8 Å². The molecule has 0 radical (unpaired) electrons. The molecule has 0 saturated heterocycles. The molecule has 3 aromatic rings. The van der Waals surface area contributed by atoms with E-state index < -0.39 is 5.97 Å². The SMILES string of the molecule is COc1ccc(C(=O)OCc2nnc(-c3ccco3)o2)cc1. The van der Waals surface area contributed by atoms with Crippen molar-refractivity contribution in [2.24, 2.45) is 0 Å². The fourth-order valence-electron chi connectivity index (χ4n) is 1.75. The van der Waals surface area contributed by atoms with Crippen LogP contribution in [0, 0.1) is 0 Å². The zero-order valence-corrected chi connectivity index (χ0v) is 11.7. The number of hydrogen-bond acceptors (Lipinski definition) is 7.